The zero-order chi connectivity index (χ0) is 16.4. The van der Waals surface area contributed by atoms with Crippen molar-refractivity contribution < 1.29 is 13.6 Å². The van der Waals surface area contributed by atoms with Gasteiger partial charge in [0, 0.05) is 5.56 Å². The van der Waals surface area contributed by atoms with Gasteiger partial charge in [0.2, 0.25) is 0 Å². The molecule has 4 nitrogen and oxygen atoms in total. The normalized spacial score (nSPS) is 12.1. The third-order valence-corrected chi connectivity index (χ3v) is 4.40. The van der Waals surface area contributed by atoms with Crippen LogP contribution in [0.15, 0.2) is 47.0 Å². The number of thiazole rings is 1. The number of hydrogen-bond donors (Lipinski definition) is 1. The predicted molar refractivity (Wildman–Crippen MR) is 86.8 cm³/mol. The van der Waals surface area contributed by atoms with Crippen molar-refractivity contribution in [2.24, 2.45) is 0 Å². The molecular formula is C17H15FN2O2S. The van der Waals surface area contributed by atoms with Gasteiger partial charge < -0.3 is 9.73 Å². The second-order valence-corrected chi connectivity index (χ2v) is 6.18. The molecule has 1 atom stereocenters. The summed E-state index contributed by atoms with van der Waals surface area (Å²) in [5.41, 5.74) is 0.395. The monoisotopic (exact) mass is 330 g/mol. The van der Waals surface area contributed by atoms with Crippen LogP contribution in [-0.4, -0.2) is 10.9 Å². The molecule has 0 radical (unpaired) electrons. The van der Waals surface area contributed by atoms with Crippen molar-refractivity contribution in [3.63, 3.8) is 0 Å². The summed E-state index contributed by atoms with van der Waals surface area (Å²) in [5.74, 6) is 0.871. The van der Waals surface area contributed by atoms with E-state index in [2.05, 4.69) is 10.3 Å². The molecule has 6 heteroatoms. The number of aromatic nitrogens is 1. The molecule has 0 aliphatic rings. The van der Waals surface area contributed by atoms with Crippen LogP contribution in [0.2, 0.25) is 0 Å². The Morgan fingerprint density at radius 1 is 1.30 bits per heavy atom. The first-order valence-electron chi connectivity index (χ1n) is 7.12. The van der Waals surface area contributed by atoms with E-state index in [1.165, 1.54) is 12.3 Å². The smallest absolute Gasteiger partial charge is 0.263 e. The van der Waals surface area contributed by atoms with Crippen LogP contribution in [-0.2, 0) is 0 Å². The summed E-state index contributed by atoms with van der Waals surface area (Å²) in [6.07, 6.45) is 1.46. The molecule has 0 fully saturated rings. The van der Waals surface area contributed by atoms with Gasteiger partial charge in [-0.05, 0) is 38.1 Å². The Morgan fingerprint density at radius 3 is 2.78 bits per heavy atom. The lowest BCUT2D eigenvalue weighted by Crippen LogP contribution is -2.25. The van der Waals surface area contributed by atoms with Crippen molar-refractivity contribution in [2.75, 3.05) is 0 Å². The highest BCUT2D eigenvalue weighted by Gasteiger charge is 2.17. The number of hydrogen-bond acceptors (Lipinski definition) is 4. The molecule has 0 spiro atoms. The largest absolute Gasteiger partial charge is 0.464 e. The minimum Gasteiger partial charge on any atom is -0.464 e. The summed E-state index contributed by atoms with van der Waals surface area (Å²) in [6, 6.07) is 9.80. The number of carbonyl (C=O) groups excluding carboxylic acids is 1. The minimum atomic E-state index is -0.353. The molecule has 23 heavy (non-hydrogen) atoms. The maximum atomic E-state index is 13.8. The van der Waals surface area contributed by atoms with Crippen molar-refractivity contribution in [1.29, 1.82) is 0 Å². The van der Waals surface area contributed by atoms with Crippen LogP contribution in [0.4, 0.5) is 4.39 Å². The molecule has 0 bridgehead atoms. The molecule has 0 aliphatic carbocycles. The standard InChI is InChI=1S/C17H15FN2O2S/c1-10-7-8-14(22-10)11(2)20-16(21)15-9-19-17(23-15)12-5-3-4-6-13(12)18/h3-9,11H,1-2H3,(H,20,21). The molecule has 1 unspecified atom stereocenters. The average Bonchev–Trinajstić information content (AvgIpc) is 3.16. The highest BCUT2D eigenvalue weighted by molar-refractivity contribution is 7.16. The Labute approximate surface area is 137 Å². The Balaban J connectivity index is 1.75. The van der Waals surface area contributed by atoms with Gasteiger partial charge in [-0.15, -0.1) is 11.3 Å². The zero-order valence-corrected chi connectivity index (χ0v) is 13.5. The highest BCUT2D eigenvalue weighted by Crippen LogP contribution is 2.27. The van der Waals surface area contributed by atoms with Crippen LogP contribution >= 0.6 is 11.3 Å². The van der Waals surface area contributed by atoms with Gasteiger partial charge in [0.1, 0.15) is 27.2 Å². The summed E-state index contributed by atoms with van der Waals surface area (Å²) in [4.78, 5) is 16.9. The molecule has 2 aromatic heterocycles. The lowest BCUT2D eigenvalue weighted by atomic mass is 10.2. The van der Waals surface area contributed by atoms with Gasteiger partial charge in [-0.3, -0.25) is 4.79 Å². The molecule has 0 saturated heterocycles. The number of nitrogens with zero attached hydrogens (tertiary/aromatic N) is 1. The molecule has 3 aromatic rings. The SMILES string of the molecule is Cc1ccc(C(C)NC(=O)c2cnc(-c3ccccc3F)s2)o1. The molecule has 0 aliphatic heterocycles. The summed E-state index contributed by atoms with van der Waals surface area (Å²) in [6.45, 7) is 3.69. The molecule has 1 N–H and O–H groups in total. The van der Waals surface area contributed by atoms with Gasteiger partial charge in [0.05, 0.1) is 12.2 Å². The minimum absolute atomic E-state index is 0.254. The second kappa shape index (κ2) is 6.34. The maximum absolute atomic E-state index is 13.8. The van der Waals surface area contributed by atoms with Crippen molar-refractivity contribution in [2.45, 2.75) is 19.9 Å². The van der Waals surface area contributed by atoms with E-state index >= 15 is 0 Å². The number of halogens is 1. The van der Waals surface area contributed by atoms with Gasteiger partial charge in [-0.25, -0.2) is 9.37 Å². The van der Waals surface area contributed by atoms with E-state index in [1.807, 2.05) is 26.0 Å². The van der Waals surface area contributed by atoms with E-state index in [1.54, 1.807) is 18.2 Å². The first kappa shape index (κ1) is 15.4. The maximum Gasteiger partial charge on any atom is 0.263 e. The summed E-state index contributed by atoms with van der Waals surface area (Å²) < 4.78 is 19.3. The number of furan rings is 1. The van der Waals surface area contributed by atoms with E-state index in [9.17, 15) is 9.18 Å². The molecule has 2 heterocycles. The first-order chi connectivity index (χ1) is 11.0. The number of nitrogens with one attached hydrogen (secondary N) is 1. The van der Waals surface area contributed by atoms with Gasteiger partial charge in [-0.1, -0.05) is 12.1 Å². The van der Waals surface area contributed by atoms with E-state index in [-0.39, 0.29) is 17.8 Å². The predicted octanol–water partition coefficient (Wildman–Crippen LogP) is 4.34. The lowest BCUT2D eigenvalue weighted by molar-refractivity contribution is 0.0939. The highest BCUT2D eigenvalue weighted by atomic mass is 32.1. The number of rotatable bonds is 4. The Morgan fingerprint density at radius 2 is 2.09 bits per heavy atom. The Bertz CT molecular complexity index is 840. The van der Waals surface area contributed by atoms with E-state index in [0.29, 0.717) is 21.2 Å². The lowest BCUT2D eigenvalue weighted by Gasteiger charge is -2.10. The average molecular weight is 330 g/mol. The zero-order valence-electron chi connectivity index (χ0n) is 12.7. The number of benzene rings is 1. The first-order valence-corrected chi connectivity index (χ1v) is 7.94. The summed E-state index contributed by atoms with van der Waals surface area (Å²) in [7, 11) is 0. The van der Waals surface area contributed by atoms with Crippen LogP contribution < -0.4 is 5.32 Å². The fourth-order valence-electron chi connectivity index (χ4n) is 2.16. The third kappa shape index (κ3) is 3.32. The van der Waals surface area contributed by atoms with Gasteiger partial charge >= 0.3 is 0 Å². The Hall–Kier alpha value is -2.47. The second-order valence-electron chi connectivity index (χ2n) is 5.15. The van der Waals surface area contributed by atoms with E-state index in [0.717, 1.165) is 17.1 Å². The van der Waals surface area contributed by atoms with Gasteiger partial charge in [-0.2, -0.15) is 0 Å². The van der Waals surface area contributed by atoms with Crippen LogP contribution in [0.3, 0.4) is 0 Å². The molecular weight excluding hydrogens is 315 g/mol. The van der Waals surface area contributed by atoms with Crippen molar-refractivity contribution >= 4 is 17.2 Å². The van der Waals surface area contributed by atoms with Crippen molar-refractivity contribution in [3.05, 3.63) is 64.8 Å². The topological polar surface area (TPSA) is 55.1 Å². The van der Waals surface area contributed by atoms with Gasteiger partial charge in [0.25, 0.3) is 5.91 Å². The fraction of sp³-hybridized carbons (Fsp3) is 0.176. The number of aryl methyl sites for hydroxylation is 1. The fourth-order valence-corrected chi connectivity index (χ4v) is 3.01. The molecule has 1 amide bonds. The Kier molecular flexibility index (Phi) is 4.25. The molecule has 3 rings (SSSR count). The molecule has 1 aromatic carbocycles. The summed E-state index contributed by atoms with van der Waals surface area (Å²) in [5, 5.41) is 3.33. The quantitative estimate of drug-likeness (QED) is 0.774. The van der Waals surface area contributed by atoms with Gasteiger partial charge in [0.15, 0.2) is 0 Å². The number of amides is 1. The molecule has 0 saturated carbocycles. The number of carbonyl (C=O) groups is 1. The van der Waals surface area contributed by atoms with E-state index < -0.39 is 0 Å². The van der Waals surface area contributed by atoms with Crippen LogP contribution in [0.1, 0.15) is 34.2 Å². The third-order valence-electron chi connectivity index (χ3n) is 3.37. The van der Waals surface area contributed by atoms with Crippen LogP contribution in [0.5, 0.6) is 0 Å². The summed E-state index contributed by atoms with van der Waals surface area (Å²) >= 11 is 1.16. The van der Waals surface area contributed by atoms with Crippen LogP contribution in [0, 0.1) is 12.7 Å². The van der Waals surface area contributed by atoms with E-state index in [4.69, 9.17) is 4.42 Å². The molecule has 118 valence electrons. The van der Waals surface area contributed by atoms with Crippen molar-refractivity contribution in [3.8, 4) is 10.6 Å². The van der Waals surface area contributed by atoms with Crippen LogP contribution in [0.25, 0.3) is 10.6 Å². The van der Waals surface area contributed by atoms with Crippen molar-refractivity contribution in [1.82, 2.24) is 10.3 Å².